The van der Waals surface area contributed by atoms with E-state index in [4.69, 9.17) is 9.47 Å². The Labute approximate surface area is 228 Å². The van der Waals surface area contributed by atoms with E-state index in [1.165, 1.54) is 24.3 Å². The van der Waals surface area contributed by atoms with Gasteiger partial charge in [0.1, 0.15) is 17.5 Å². The fourth-order valence-electron chi connectivity index (χ4n) is 4.69. The van der Waals surface area contributed by atoms with E-state index < -0.39 is 35.3 Å². The van der Waals surface area contributed by atoms with Gasteiger partial charge in [-0.05, 0) is 66.8 Å². The number of halogens is 1. The van der Waals surface area contributed by atoms with Crippen LogP contribution in [0.1, 0.15) is 60.5 Å². The molecule has 1 amide bonds. The summed E-state index contributed by atoms with van der Waals surface area (Å²) in [6.07, 6.45) is 2.81. The van der Waals surface area contributed by atoms with Crippen LogP contribution in [0.2, 0.25) is 0 Å². The second kappa shape index (κ2) is 13.4. The lowest BCUT2D eigenvalue weighted by molar-refractivity contribution is -0.168. The van der Waals surface area contributed by atoms with E-state index in [0.29, 0.717) is 24.5 Å². The van der Waals surface area contributed by atoms with Crippen molar-refractivity contribution in [2.24, 2.45) is 11.8 Å². The van der Waals surface area contributed by atoms with Crippen LogP contribution in [0.15, 0.2) is 78.9 Å². The highest BCUT2D eigenvalue weighted by atomic mass is 19.1. The van der Waals surface area contributed by atoms with Gasteiger partial charge in [-0.2, -0.15) is 0 Å². The van der Waals surface area contributed by atoms with E-state index in [9.17, 15) is 18.8 Å². The van der Waals surface area contributed by atoms with Gasteiger partial charge in [-0.3, -0.25) is 14.4 Å². The lowest BCUT2D eigenvalue weighted by Gasteiger charge is -2.26. The number of rotatable bonds is 11. The number of carbonyl (C=O) groups is 3. The molecule has 7 heteroatoms. The van der Waals surface area contributed by atoms with E-state index in [0.717, 1.165) is 24.8 Å². The minimum absolute atomic E-state index is 0.200. The number of Topliss-reactive ketones (excluding diaryl/α,β-unsaturated/α-hetero) is 2. The monoisotopic (exact) mass is 531 g/mol. The summed E-state index contributed by atoms with van der Waals surface area (Å²) in [5.41, 5.74) is 2.19. The van der Waals surface area contributed by atoms with E-state index >= 15 is 0 Å². The maximum absolute atomic E-state index is 13.8. The molecule has 0 aliphatic carbocycles. The van der Waals surface area contributed by atoms with Gasteiger partial charge in [-0.1, -0.05) is 56.3 Å². The molecule has 3 unspecified atom stereocenters. The van der Waals surface area contributed by atoms with Gasteiger partial charge in [0.15, 0.2) is 12.1 Å². The first kappa shape index (κ1) is 28.3. The number of amides is 1. The van der Waals surface area contributed by atoms with Crippen LogP contribution >= 0.6 is 0 Å². The normalized spacial score (nSPS) is 16.9. The van der Waals surface area contributed by atoms with Crippen molar-refractivity contribution in [3.8, 4) is 0 Å². The molecule has 1 aliphatic rings. The molecule has 1 heterocycles. The first-order valence-corrected chi connectivity index (χ1v) is 13.3. The number of benzene rings is 3. The first-order valence-electron chi connectivity index (χ1n) is 13.3. The predicted octanol–water partition coefficient (Wildman–Crippen LogP) is 6.32. The minimum atomic E-state index is -1.28. The molecule has 6 nitrogen and oxygen atoms in total. The molecule has 3 aromatic carbocycles. The molecule has 1 fully saturated rings. The van der Waals surface area contributed by atoms with Crippen molar-refractivity contribution in [3.63, 3.8) is 0 Å². The maximum Gasteiger partial charge on any atom is 0.236 e. The number of anilines is 1. The Hall–Kier alpha value is -3.68. The van der Waals surface area contributed by atoms with Crippen LogP contribution < -0.4 is 5.32 Å². The molecular formula is C32H34FNO5. The Morgan fingerprint density at radius 3 is 2.26 bits per heavy atom. The molecule has 0 radical (unpaired) electrons. The summed E-state index contributed by atoms with van der Waals surface area (Å²) in [6, 6.07) is 21.1. The number of ketones is 2. The van der Waals surface area contributed by atoms with E-state index in [2.05, 4.69) is 5.32 Å². The summed E-state index contributed by atoms with van der Waals surface area (Å²) < 4.78 is 25.0. The molecule has 204 valence electrons. The number of hydrogen-bond donors (Lipinski definition) is 1. The Kier molecular flexibility index (Phi) is 9.74. The highest BCUT2D eigenvalue weighted by Crippen LogP contribution is 2.33. The zero-order valence-corrected chi connectivity index (χ0v) is 22.3. The van der Waals surface area contributed by atoms with Crippen LogP contribution in [0.5, 0.6) is 0 Å². The van der Waals surface area contributed by atoms with Gasteiger partial charge in [-0.25, -0.2) is 4.39 Å². The molecule has 1 N–H and O–H groups in total. The van der Waals surface area contributed by atoms with Crippen molar-refractivity contribution in [1.29, 1.82) is 0 Å². The molecule has 39 heavy (non-hydrogen) atoms. The zero-order valence-electron chi connectivity index (χ0n) is 22.3. The molecule has 0 aromatic heterocycles. The number of ether oxygens (including phenoxy) is 2. The second-order valence-electron chi connectivity index (χ2n) is 10.1. The zero-order chi connectivity index (χ0) is 27.8. The van der Waals surface area contributed by atoms with Crippen molar-refractivity contribution >= 4 is 23.2 Å². The van der Waals surface area contributed by atoms with Gasteiger partial charge in [0.25, 0.3) is 0 Å². The van der Waals surface area contributed by atoms with Gasteiger partial charge >= 0.3 is 0 Å². The third-order valence-corrected chi connectivity index (χ3v) is 6.86. The fourth-order valence-corrected chi connectivity index (χ4v) is 4.69. The van der Waals surface area contributed by atoms with E-state index in [1.54, 1.807) is 56.3 Å². The summed E-state index contributed by atoms with van der Waals surface area (Å²) in [4.78, 5) is 40.9. The SMILES string of the molecule is CC(C)C(=O)C(C(=O)Nc1ccc(COC2CCCCO2)cc1)C(C(=O)c1ccc(F)cc1)c1ccccc1. The fraction of sp³-hybridized carbons (Fsp3) is 0.344. The highest BCUT2D eigenvalue weighted by molar-refractivity contribution is 6.14. The number of nitrogens with one attached hydrogen (secondary N) is 1. The second-order valence-corrected chi connectivity index (χ2v) is 10.1. The molecule has 1 aliphatic heterocycles. The summed E-state index contributed by atoms with van der Waals surface area (Å²) in [6.45, 7) is 4.50. The van der Waals surface area contributed by atoms with Gasteiger partial charge in [-0.15, -0.1) is 0 Å². The van der Waals surface area contributed by atoms with Gasteiger partial charge in [0, 0.05) is 23.8 Å². The molecule has 1 saturated heterocycles. The van der Waals surface area contributed by atoms with Crippen molar-refractivity contribution < 1.29 is 28.2 Å². The van der Waals surface area contributed by atoms with Crippen LogP contribution in [0.4, 0.5) is 10.1 Å². The van der Waals surface area contributed by atoms with Gasteiger partial charge < -0.3 is 14.8 Å². The quantitative estimate of drug-likeness (QED) is 0.231. The number of carbonyl (C=O) groups excluding carboxylic acids is 3. The molecule has 4 rings (SSSR count). The third-order valence-electron chi connectivity index (χ3n) is 6.86. The smallest absolute Gasteiger partial charge is 0.236 e. The molecular weight excluding hydrogens is 497 g/mol. The number of hydrogen-bond acceptors (Lipinski definition) is 5. The molecule has 3 aromatic rings. The minimum Gasteiger partial charge on any atom is -0.353 e. The Bertz CT molecular complexity index is 1250. The van der Waals surface area contributed by atoms with Gasteiger partial charge in [0.2, 0.25) is 5.91 Å². The lowest BCUT2D eigenvalue weighted by Crippen LogP contribution is -2.40. The molecule has 0 bridgehead atoms. The molecule has 0 saturated carbocycles. The van der Waals surface area contributed by atoms with Crippen molar-refractivity contribution in [1.82, 2.24) is 0 Å². The largest absolute Gasteiger partial charge is 0.353 e. The summed E-state index contributed by atoms with van der Waals surface area (Å²) in [5, 5.41) is 2.84. The van der Waals surface area contributed by atoms with Gasteiger partial charge in [0.05, 0.1) is 12.5 Å². The van der Waals surface area contributed by atoms with Crippen LogP contribution in [0.25, 0.3) is 0 Å². The average molecular weight is 532 g/mol. The summed E-state index contributed by atoms with van der Waals surface area (Å²) in [7, 11) is 0. The topological polar surface area (TPSA) is 81.7 Å². The Balaban J connectivity index is 1.57. The van der Waals surface area contributed by atoms with Crippen LogP contribution in [-0.4, -0.2) is 30.4 Å². The first-order chi connectivity index (χ1) is 18.8. The average Bonchev–Trinajstić information content (AvgIpc) is 2.96. The standard InChI is InChI=1S/C32H34FNO5/c1-21(2)30(35)29(28(23-8-4-3-5-9-23)31(36)24-13-15-25(33)16-14-24)32(37)34-26-17-11-22(12-18-26)20-39-27-10-6-7-19-38-27/h3-5,8-9,11-18,21,27-29H,6-7,10,19-20H2,1-2H3,(H,34,37). The van der Waals surface area contributed by atoms with Crippen LogP contribution in [0, 0.1) is 17.7 Å². The van der Waals surface area contributed by atoms with Crippen molar-refractivity contribution in [2.45, 2.75) is 51.9 Å². The van der Waals surface area contributed by atoms with E-state index in [1.807, 2.05) is 12.1 Å². The van der Waals surface area contributed by atoms with Crippen molar-refractivity contribution in [3.05, 3.63) is 101 Å². The van der Waals surface area contributed by atoms with Crippen LogP contribution in [0.3, 0.4) is 0 Å². The maximum atomic E-state index is 13.8. The third kappa shape index (κ3) is 7.46. The van der Waals surface area contributed by atoms with Crippen molar-refractivity contribution in [2.75, 3.05) is 11.9 Å². The Morgan fingerprint density at radius 1 is 0.949 bits per heavy atom. The molecule has 0 spiro atoms. The highest BCUT2D eigenvalue weighted by Gasteiger charge is 2.41. The van der Waals surface area contributed by atoms with Crippen LogP contribution in [-0.2, 0) is 25.7 Å². The van der Waals surface area contributed by atoms with E-state index in [-0.39, 0.29) is 17.6 Å². The Morgan fingerprint density at radius 2 is 1.64 bits per heavy atom. The lowest BCUT2D eigenvalue weighted by atomic mass is 9.75. The molecule has 3 atom stereocenters. The summed E-state index contributed by atoms with van der Waals surface area (Å²) >= 11 is 0. The summed E-state index contributed by atoms with van der Waals surface area (Å²) in [5.74, 6) is -4.67. The predicted molar refractivity (Wildman–Crippen MR) is 147 cm³/mol.